The number of anilines is 2. The van der Waals surface area contributed by atoms with Gasteiger partial charge in [-0.15, -0.1) is 0 Å². The van der Waals surface area contributed by atoms with E-state index in [9.17, 15) is 19.2 Å². The van der Waals surface area contributed by atoms with Crippen molar-refractivity contribution in [3.05, 3.63) is 59.7 Å². The molecular formula is C22H23N3O6. The molecule has 4 amide bonds. The van der Waals surface area contributed by atoms with Crippen LogP contribution in [-0.4, -0.2) is 55.6 Å². The zero-order chi connectivity index (χ0) is 22.2. The van der Waals surface area contributed by atoms with Crippen molar-refractivity contribution in [1.82, 2.24) is 4.90 Å². The second-order valence-corrected chi connectivity index (χ2v) is 6.79. The molecule has 0 saturated heterocycles. The normalized spacial score (nSPS) is 12.5. The lowest BCUT2D eigenvalue weighted by molar-refractivity contribution is -0.116. The van der Waals surface area contributed by atoms with Gasteiger partial charge in [0, 0.05) is 31.5 Å². The first-order valence-corrected chi connectivity index (χ1v) is 9.77. The van der Waals surface area contributed by atoms with Crippen LogP contribution in [0.1, 0.15) is 33.6 Å². The first kappa shape index (κ1) is 22.0. The highest BCUT2D eigenvalue weighted by Gasteiger charge is 2.34. The molecule has 1 aliphatic heterocycles. The zero-order valence-corrected chi connectivity index (χ0v) is 17.1. The van der Waals surface area contributed by atoms with Gasteiger partial charge in [0.05, 0.1) is 17.7 Å². The Labute approximate surface area is 179 Å². The number of hydrogen-bond donors (Lipinski definition) is 2. The van der Waals surface area contributed by atoms with Crippen molar-refractivity contribution in [1.29, 1.82) is 0 Å². The molecule has 0 unspecified atom stereocenters. The average Bonchev–Trinajstić information content (AvgIpc) is 2.99. The Balaban J connectivity index is 1.46. The maximum absolute atomic E-state index is 12.3. The average molecular weight is 425 g/mol. The van der Waals surface area contributed by atoms with Gasteiger partial charge in [-0.05, 0) is 36.8 Å². The Morgan fingerprint density at radius 3 is 2.19 bits per heavy atom. The lowest BCUT2D eigenvalue weighted by Gasteiger charge is -2.13. The molecule has 1 heterocycles. The summed E-state index contributed by atoms with van der Waals surface area (Å²) in [4.78, 5) is 49.8. The number of ether oxygens (including phenoxy) is 2. The number of nitrogens with one attached hydrogen (secondary N) is 2. The number of fused-ring (bicyclic) bond motifs is 1. The molecule has 0 aromatic heterocycles. The Morgan fingerprint density at radius 1 is 0.903 bits per heavy atom. The van der Waals surface area contributed by atoms with Gasteiger partial charge in [-0.25, -0.2) is 4.79 Å². The van der Waals surface area contributed by atoms with Crippen LogP contribution in [0.15, 0.2) is 48.5 Å². The fourth-order valence-electron chi connectivity index (χ4n) is 3.11. The van der Waals surface area contributed by atoms with E-state index < -0.39 is 6.09 Å². The third kappa shape index (κ3) is 5.67. The molecule has 0 fully saturated rings. The maximum Gasteiger partial charge on any atom is 0.411 e. The fraction of sp³-hybridized carbons (Fsp3) is 0.273. The van der Waals surface area contributed by atoms with Crippen molar-refractivity contribution in [2.24, 2.45) is 0 Å². The van der Waals surface area contributed by atoms with E-state index in [1.54, 1.807) is 48.5 Å². The lowest BCUT2D eigenvalue weighted by atomic mass is 10.1. The van der Waals surface area contributed by atoms with Crippen LogP contribution in [0, 0.1) is 0 Å². The first-order valence-electron chi connectivity index (χ1n) is 9.77. The van der Waals surface area contributed by atoms with Crippen LogP contribution in [0.4, 0.5) is 16.2 Å². The predicted octanol–water partition coefficient (Wildman–Crippen LogP) is 2.90. The Kier molecular flexibility index (Phi) is 7.34. The second kappa shape index (κ2) is 10.4. The van der Waals surface area contributed by atoms with Gasteiger partial charge in [0.2, 0.25) is 5.91 Å². The van der Waals surface area contributed by atoms with Crippen molar-refractivity contribution in [3.8, 4) is 0 Å². The first-order chi connectivity index (χ1) is 15.0. The number of carbonyl (C=O) groups is 4. The lowest BCUT2D eigenvalue weighted by Crippen LogP contribution is -2.31. The Morgan fingerprint density at radius 2 is 1.55 bits per heavy atom. The summed E-state index contributed by atoms with van der Waals surface area (Å²) in [6.45, 7) is 0.588. The molecule has 0 spiro atoms. The van der Waals surface area contributed by atoms with Crippen LogP contribution < -0.4 is 10.6 Å². The molecule has 0 radical (unpaired) electrons. The summed E-state index contributed by atoms with van der Waals surface area (Å²) in [5, 5.41) is 5.30. The highest BCUT2D eigenvalue weighted by molar-refractivity contribution is 6.21. The number of imide groups is 1. The van der Waals surface area contributed by atoms with Gasteiger partial charge in [-0.1, -0.05) is 18.2 Å². The van der Waals surface area contributed by atoms with Crippen LogP contribution in [0.5, 0.6) is 0 Å². The number of carbonyl (C=O) groups excluding carboxylic acids is 4. The number of methoxy groups -OCH3 is 1. The summed E-state index contributed by atoms with van der Waals surface area (Å²) in [6.07, 6.45) is -0.160. The number of hydrogen-bond acceptors (Lipinski definition) is 6. The quantitative estimate of drug-likeness (QED) is 0.472. The molecule has 0 saturated carbocycles. The Bertz CT molecular complexity index is 956. The number of rotatable bonds is 9. The second-order valence-electron chi connectivity index (χ2n) is 6.79. The molecule has 0 atom stereocenters. The monoisotopic (exact) mass is 425 g/mol. The minimum absolute atomic E-state index is 0.129. The summed E-state index contributed by atoms with van der Waals surface area (Å²) >= 11 is 0. The van der Waals surface area contributed by atoms with Crippen LogP contribution >= 0.6 is 0 Å². The van der Waals surface area contributed by atoms with Gasteiger partial charge in [-0.2, -0.15) is 0 Å². The van der Waals surface area contributed by atoms with Gasteiger partial charge in [0.1, 0.15) is 6.61 Å². The molecule has 9 heteroatoms. The molecule has 1 aliphatic rings. The SMILES string of the molecule is COCCOC(=O)Nc1cccc(NC(=O)CCCN2C(=O)c3ccccc3C2=O)c1. The third-order valence-electron chi connectivity index (χ3n) is 4.58. The van der Waals surface area contributed by atoms with E-state index in [-0.39, 0.29) is 37.3 Å². The van der Waals surface area contributed by atoms with Crippen molar-refractivity contribution in [2.75, 3.05) is 37.5 Å². The molecule has 2 aromatic carbocycles. The van der Waals surface area contributed by atoms with Gasteiger partial charge in [0.15, 0.2) is 0 Å². The summed E-state index contributed by atoms with van der Waals surface area (Å²) in [7, 11) is 1.51. The number of benzene rings is 2. The van der Waals surface area contributed by atoms with Gasteiger partial charge < -0.3 is 14.8 Å². The van der Waals surface area contributed by atoms with Gasteiger partial charge in [0.25, 0.3) is 11.8 Å². The molecule has 2 aromatic rings. The molecule has 2 N–H and O–H groups in total. The predicted molar refractivity (Wildman–Crippen MR) is 113 cm³/mol. The molecule has 3 rings (SSSR count). The highest BCUT2D eigenvalue weighted by atomic mass is 16.6. The zero-order valence-electron chi connectivity index (χ0n) is 17.1. The summed E-state index contributed by atoms with van der Waals surface area (Å²) in [5.74, 6) is -0.939. The smallest absolute Gasteiger partial charge is 0.411 e. The van der Waals surface area contributed by atoms with Crippen LogP contribution in [0.25, 0.3) is 0 Å². The molecule has 31 heavy (non-hydrogen) atoms. The minimum Gasteiger partial charge on any atom is -0.447 e. The Hall–Kier alpha value is -3.72. The standard InChI is InChI=1S/C22H23N3O6/c1-30-12-13-31-22(29)24-16-7-4-6-15(14-16)23-19(26)10-5-11-25-20(27)17-8-2-3-9-18(17)21(25)28/h2-4,6-9,14H,5,10-13H2,1H3,(H,23,26)(H,24,29). The number of amides is 4. The highest BCUT2D eigenvalue weighted by Crippen LogP contribution is 2.23. The van der Waals surface area contributed by atoms with E-state index in [0.717, 1.165) is 4.90 Å². The van der Waals surface area contributed by atoms with Gasteiger partial charge >= 0.3 is 6.09 Å². The van der Waals surface area contributed by atoms with Gasteiger partial charge in [-0.3, -0.25) is 24.6 Å². The minimum atomic E-state index is -0.624. The van der Waals surface area contributed by atoms with E-state index >= 15 is 0 Å². The molecule has 9 nitrogen and oxygen atoms in total. The van der Waals surface area contributed by atoms with Crippen molar-refractivity contribution < 1.29 is 28.7 Å². The maximum atomic E-state index is 12.3. The molecule has 0 bridgehead atoms. The van der Waals surface area contributed by atoms with Crippen molar-refractivity contribution in [2.45, 2.75) is 12.8 Å². The number of nitrogens with zero attached hydrogens (tertiary/aromatic N) is 1. The van der Waals surface area contributed by atoms with E-state index in [2.05, 4.69) is 10.6 Å². The third-order valence-corrected chi connectivity index (χ3v) is 4.58. The van der Waals surface area contributed by atoms with Crippen LogP contribution in [0.2, 0.25) is 0 Å². The van der Waals surface area contributed by atoms with Crippen LogP contribution in [-0.2, 0) is 14.3 Å². The topological polar surface area (TPSA) is 114 Å². The van der Waals surface area contributed by atoms with E-state index in [0.29, 0.717) is 35.5 Å². The molecule has 0 aliphatic carbocycles. The van der Waals surface area contributed by atoms with Crippen molar-refractivity contribution >= 4 is 35.2 Å². The summed E-state index contributed by atoms with van der Waals surface area (Å²) < 4.78 is 9.73. The molecule has 162 valence electrons. The van der Waals surface area contributed by atoms with E-state index in [1.807, 2.05) is 0 Å². The summed E-state index contributed by atoms with van der Waals surface area (Å²) in [5.41, 5.74) is 1.75. The molecular weight excluding hydrogens is 402 g/mol. The fourth-order valence-corrected chi connectivity index (χ4v) is 3.11. The van der Waals surface area contributed by atoms with E-state index in [1.165, 1.54) is 7.11 Å². The van der Waals surface area contributed by atoms with E-state index in [4.69, 9.17) is 9.47 Å². The summed E-state index contributed by atoms with van der Waals surface area (Å²) in [6, 6.07) is 13.3. The largest absolute Gasteiger partial charge is 0.447 e. The van der Waals surface area contributed by atoms with Crippen LogP contribution in [0.3, 0.4) is 0 Å². The van der Waals surface area contributed by atoms with Crippen molar-refractivity contribution in [3.63, 3.8) is 0 Å².